The first kappa shape index (κ1) is 13.4. The van der Waals surface area contributed by atoms with Crippen LogP contribution in [0.3, 0.4) is 0 Å². The zero-order chi connectivity index (χ0) is 13.1. The van der Waals surface area contributed by atoms with Gasteiger partial charge in [-0.05, 0) is 24.6 Å². The Bertz CT molecular complexity index is 526. The summed E-state index contributed by atoms with van der Waals surface area (Å²) >= 11 is 0. The van der Waals surface area contributed by atoms with Gasteiger partial charge in [0, 0.05) is 0 Å². The minimum absolute atomic E-state index is 0.0920. The molecule has 1 N–H and O–H groups in total. The fraction of sp³-hybridized carbons (Fsp3) is 0.250. The van der Waals surface area contributed by atoms with Crippen LogP contribution in [0.5, 0.6) is 0 Å². The van der Waals surface area contributed by atoms with Crippen LogP contribution in [0.4, 0.5) is 0 Å². The lowest BCUT2D eigenvalue weighted by atomic mass is 10.2. The van der Waals surface area contributed by atoms with E-state index in [0.29, 0.717) is 11.1 Å². The molecule has 0 unspecified atom stereocenters. The molecular formula is C12H14O4S. The van der Waals surface area contributed by atoms with Gasteiger partial charge in [-0.1, -0.05) is 24.3 Å². The van der Waals surface area contributed by atoms with Crippen molar-refractivity contribution in [1.82, 2.24) is 0 Å². The van der Waals surface area contributed by atoms with E-state index >= 15 is 0 Å². The number of carboxylic acids is 1. The first-order valence-corrected chi connectivity index (χ1v) is 6.64. The van der Waals surface area contributed by atoms with Gasteiger partial charge in [0.05, 0.1) is 17.1 Å². The molecule has 0 fully saturated rings. The molecule has 0 aliphatic heterocycles. The summed E-state index contributed by atoms with van der Waals surface area (Å²) in [6.45, 7) is 5.22. The molecule has 0 atom stereocenters. The Morgan fingerprint density at radius 2 is 1.82 bits per heavy atom. The number of carbonyl (C=O) groups is 1. The summed E-state index contributed by atoms with van der Waals surface area (Å²) in [5.41, 5.74) is 1.14. The van der Waals surface area contributed by atoms with Gasteiger partial charge in [-0.2, -0.15) is 0 Å². The highest BCUT2D eigenvalue weighted by Gasteiger charge is 2.14. The van der Waals surface area contributed by atoms with E-state index in [9.17, 15) is 13.2 Å². The summed E-state index contributed by atoms with van der Waals surface area (Å²) < 4.78 is 23.6. The molecule has 17 heavy (non-hydrogen) atoms. The fourth-order valence-electron chi connectivity index (χ4n) is 1.40. The van der Waals surface area contributed by atoms with Gasteiger partial charge in [-0.15, -0.1) is 0 Å². The molecule has 1 aromatic rings. The number of hydrogen-bond acceptors (Lipinski definition) is 3. The van der Waals surface area contributed by atoms with E-state index < -0.39 is 15.8 Å². The van der Waals surface area contributed by atoms with Crippen LogP contribution in [-0.4, -0.2) is 25.2 Å². The monoisotopic (exact) mass is 254 g/mol. The maximum atomic E-state index is 11.8. The number of benzene rings is 1. The van der Waals surface area contributed by atoms with Crippen molar-refractivity contribution in [3.63, 3.8) is 0 Å². The minimum atomic E-state index is -3.35. The summed E-state index contributed by atoms with van der Waals surface area (Å²) in [6.07, 6.45) is -0.110. The quantitative estimate of drug-likeness (QED) is 0.811. The Kier molecular flexibility index (Phi) is 4.07. The van der Waals surface area contributed by atoms with Gasteiger partial charge in [0.25, 0.3) is 0 Å². The van der Waals surface area contributed by atoms with Crippen LogP contribution >= 0.6 is 0 Å². The molecule has 0 bridgehead atoms. The molecule has 0 radical (unpaired) electrons. The summed E-state index contributed by atoms with van der Waals surface area (Å²) in [4.78, 5) is 10.7. The third-order valence-electron chi connectivity index (χ3n) is 2.07. The highest BCUT2D eigenvalue weighted by atomic mass is 32.2. The average molecular weight is 254 g/mol. The smallest absolute Gasteiger partial charge is 0.307 e. The predicted octanol–water partition coefficient (Wildman–Crippen LogP) is 1.66. The van der Waals surface area contributed by atoms with Crippen LogP contribution in [0.2, 0.25) is 0 Å². The summed E-state index contributed by atoms with van der Waals surface area (Å²) in [5.74, 6) is -1.03. The Hall–Kier alpha value is -1.62. The lowest BCUT2D eigenvalue weighted by Gasteiger charge is -2.04. The van der Waals surface area contributed by atoms with Crippen molar-refractivity contribution in [1.29, 1.82) is 0 Å². The summed E-state index contributed by atoms with van der Waals surface area (Å²) in [6, 6.07) is 5.88. The van der Waals surface area contributed by atoms with Gasteiger partial charge in [0.1, 0.15) is 0 Å². The number of hydrogen-bond donors (Lipinski definition) is 1. The number of carboxylic acid groups (broad SMARTS) is 1. The van der Waals surface area contributed by atoms with Crippen molar-refractivity contribution in [2.45, 2.75) is 18.2 Å². The Morgan fingerprint density at radius 3 is 2.24 bits per heavy atom. The molecule has 0 aromatic heterocycles. The van der Waals surface area contributed by atoms with Crippen LogP contribution in [0, 0.1) is 0 Å². The van der Waals surface area contributed by atoms with Crippen LogP contribution in [0.15, 0.2) is 41.3 Å². The zero-order valence-electron chi connectivity index (χ0n) is 9.51. The highest BCUT2D eigenvalue weighted by Crippen LogP contribution is 2.14. The third-order valence-corrected chi connectivity index (χ3v) is 3.94. The van der Waals surface area contributed by atoms with E-state index in [2.05, 4.69) is 6.58 Å². The van der Waals surface area contributed by atoms with Crippen molar-refractivity contribution in [2.24, 2.45) is 0 Å². The number of aliphatic carboxylic acids is 1. The average Bonchev–Trinajstić information content (AvgIpc) is 2.15. The molecule has 1 rings (SSSR count). The van der Waals surface area contributed by atoms with Gasteiger partial charge in [0.15, 0.2) is 9.84 Å². The zero-order valence-corrected chi connectivity index (χ0v) is 10.3. The molecule has 0 heterocycles. The normalized spacial score (nSPS) is 11.1. The van der Waals surface area contributed by atoms with E-state index in [4.69, 9.17) is 5.11 Å². The summed E-state index contributed by atoms with van der Waals surface area (Å²) in [5, 5.41) is 8.59. The maximum Gasteiger partial charge on any atom is 0.307 e. The maximum absolute atomic E-state index is 11.8. The van der Waals surface area contributed by atoms with E-state index in [1.165, 1.54) is 24.3 Å². The van der Waals surface area contributed by atoms with Crippen LogP contribution in [-0.2, 0) is 21.1 Å². The van der Waals surface area contributed by atoms with Gasteiger partial charge in [-0.3, -0.25) is 4.79 Å². The molecule has 4 nitrogen and oxygen atoms in total. The fourth-order valence-corrected chi connectivity index (χ4v) is 2.76. The first-order valence-electron chi connectivity index (χ1n) is 4.99. The van der Waals surface area contributed by atoms with Crippen molar-refractivity contribution >= 4 is 15.8 Å². The molecule has 5 heteroatoms. The second kappa shape index (κ2) is 5.14. The van der Waals surface area contributed by atoms with Crippen molar-refractivity contribution in [3.8, 4) is 0 Å². The molecule has 0 aliphatic rings. The van der Waals surface area contributed by atoms with Gasteiger partial charge >= 0.3 is 5.97 Å². The second-order valence-corrected chi connectivity index (χ2v) is 5.92. The van der Waals surface area contributed by atoms with Crippen molar-refractivity contribution in [3.05, 3.63) is 42.0 Å². The molecule has 1 aromatic carbocycles. The Morgan fingerprint density at radius 1 is 1.29 bits per heavy atom. The van der Waals surface area contributed by atoms with E-state index in [1.54, 1.807) is 6.92 Å². The van der Waals surface area contributed by atoms with Gasteiger partial charge in [0.2, 0.25) is 0 Å². The Labute approximate surface area is 101 Å². The number of rotatable bonds is 5. The number of sulfone groups is 1. The molecular weight excluding hydrogens is 240 g/mol. The largest absolute Gasteiger partial charge is 0.481 e. The predicted molar refractivity (Wildman–Crippen MR) is 64.6 cm³/mol. The van der Waals surface area contributed by atoms with Crippen LogP contribution in [0.1, 0.15) is 12.5 Å². The van der Waals surface area contributed by atoms with Gasteiger partial charge < -0.3 is 5.11 Å². The molecule has 0 spiro atoms. The molecule has 0 amide bonds. The molecule has 0 saturated heterocycles. The SMILES string of the molecule is C=C(C)CS(=O)(=O)c1ccc(CC(=O)O)cc1. The first-order chi connectivity index (χ1) is 7.81. The highest BCUT2D eigenvalue weighted by molar-refractivity contribution is 7.91. The van der Waals surface area contributed by atoms with Crippen molar-refractivity contribution in [2.75, 3.05) is 5.75 Å². The summed E-state index contributed by atoms with van der Waals surface area (Å²) in [7, 11) is -3.35. The Balaban J connectivity index is 2.94. The second-order valence-electron chi connectivity index (χ2n) is 3.93. The van der Waals surface area contributed by atoms with Crippen molar-refractivity contribution < 1.29 is 18.3 Å². The third kappa shape index (κ3) is 4.03. The van der Waals surface area contributed by atoms with E-state index in [1.807, 2.05) is 0 Å². The van der Waals surface area contributed by atoms with Crippen LogP contribution < -0.4 is 0 Å². The molecule has 92 valence electrons. The van der Waals surface area contributed by atoms with E-state index in [0.717, 1.165) is 0 Å². The minimum Gasteiger partial charge on any atom is -0.481 e. The van der Waals surface area contributed by atoms with Gasteiger partial charge in [-0.25, -0.2) is 8.42 Å². The molecule has 0 saturated carbocycles. The lowest BCUT2D eigenvalue weighted by Crippen LogP contribution is -2.07. The lowest BCUT2D eigenvalue weighted by molar-refractivity contribution is -0.136. The van der Waals surface area contributed by atoms with Crippen LogP contribution in [0.25, 0.3) is 0 Å². The topological polar surface area (TPSA) is 71.4 Å². The van der Waals surface area contributed by atoms with E-state index in [-0.39, 0.29) is 17.1 Å². The standard InChI is InChI=1S/C12H14O4S/c1-9(2)8-17(15,16)11-5-3-10(4-6-11)7-12(13)14/h3-6H,1,7-8H2,2H3,(H,13,14). The molecule has 0 aliphatic carbocycles.